The molecule has 0 spiro atoms. The Morgan fingerprint density at radius 3 is 2.35 bits per heavy atom. The molecule has 0 fully saturated rings. The van der Waals surface area contributed by atoms with Crippen molar-refractivity contribution in [3.05, 3.63) is 90.6 Å². The summed E-state index contributed by atoms with van der Waals surface area (Å²) >= 11 is 0. The minimum absolute atomic E-state index is 0.863. The number of aryl methyl sites for hydroxylation is 1. The van der Waals surface area contributed by atoms with Gasteiger partial charge in [0.25, 0.3) is 0 Å². The van der Waals surface area contributed by atoms with Gasteiger partial charge in [-0.2, -0.15) is 0 Å². The molecule has 5 aromatic rings. The first-order valence-corrected chi connectivity index (χ1v) is 8.69. The lowest BCUT2D eigenvalue weighted by atomic mass is 10.0. The summed E-state index contributed by atoms with van der Waals surface area (Å²) in [6, 6.07) is 27.4. The Morgan fingerprint density at radius 1 is 0.692 bits per heavy atom. The van der Waals surface area contributed by atoms with Gasteiger partial charge in [-0.1, -0.05) is 78.4 Å². The molecule has 3 aromatic carbocycles. The van der Waals surface area contributed by atoms with Gasteiger partial charge in [0.2, 0.25) is 0 Å². The molecule has 0 saturated heterocycles. The number of aromatic nitrogens is 3. The van der Waals surface area contributed by atoms with Crippen molar-refractivity contribution in [2.75, 3.05) is 0 Å². The first kappa shape index (κ1) is 14.8. The van der Waals surface area contributed by atoms with Gasteiger partial charge in [-0.05, 0) is 29.5 Å². The molecule has 5 rings (SSSR count). The van der Waals surface area contributed by atoms with Gasteiger partial charge in [0.1, 0.15) is 0 Å². The maximum absolute atomic E-state index is 4.45. The van der Waals surface area contributed by atoms with E-state index in [4.69, 9.17) is 0 Å². The second-order valence-electron chi connectivity index (χ2n) is 6.57. The quantitative estimate of drug-likeness (QED) is 0.425. The lowest BCUT2D eigenvalue weighted by Crippen LogP contribution is -1.90. The molecular formula is C23H17N3. The van der Waals surface area contributed by atoms with Gasteiger partial charge in [0.05, 0.1) is 0 Å². The summed E-state index contributed by atoms with van der Waals surface area (Å²) in [6.45, 7) is 2.12. The Labute approximate surface area is 151 Å². The third-order valence-corrected chi connectivity index (χ3v) is 4.80. The molecule has 26 heavy (non-hydrogen) atoms. The maximum Gasteiger partial charge on any atom is 0.168 e. The first-order chi connectivity index (χ1) is 12.8. The molecule has 124 valence electrons. The fourth-order valence-corrected chi connectivity index (χ4v) is 3.45. The standard InChI is InChI=1S/C23H17N3/c1-16-5-4-7-20(15-16)17-9-11-19(12-10-17)22-24-25-23-21-8-3-2-6-18(21)13-14-26(22)23/h2-15H,1H3. The molecular weight excluding hydrogens is 318 g/mol. The van der Waals surface area contributed by atoms with Gasteiger partial charge in [0.15, 0.2) is 11.5 Å². The zero-order chi connectivity index (χ0) is 17.5. The molecule has 2 heterocycles. The fourth-order valence-electron chi connectivity index (χ4n) is 3.45. The second-order valence-corrected chi connectivity index (χ2v) is 6.57. The Kier molecular flexibility index (Phi) is 3.32. The van der Waals surface area contributed by atoms with Crippen molar-refractivity contribution in [1.82, 2.24) is 14.6 Å². The smallest absolute Gasteiger partial charge is 0.168 e. The number of hydrogen-bond acceptors (Lipinski definition) is 2. The van der Waals surface area contributed by atoms with Gasteiger partial charge >= 0.3 is 0 Å². The zero-order valence-electron chi connectivity index (χ0n) is 14.4. The minimum Gasteiger partial charge on any atom is -0.282 e. The number of rotatable bonds is 2. The van der Waals surface area contributed by atoms with Crippen LogP contribution in [0.5, 0.6) is 0 Å². The monoisotopic (exact) mass is 335 g/mol. The highest BCUT2D eigenvalue weighted by molar-refractivity contribution is 5.94. The molecule has 3 heteroatoms. The molecule has 0 atom stereocenters. The van der Waals surface area contributed by atoms with Crippen LogP contribution in [0.1, 0.15) is 5.56 Å². The first-order valence-electron chi connectivity index (χ1n) is 8.69. The summed E-state index contributed by atoms with van der Waals surface area (Å²) < 4.78 is 2.06. The minimum atomic E-state index is 0.863. The van der Waals surface area contributed by atoms with Crippen LogP contribution in [0.2, 0.25) is 0 Å². The molecule has 2 aromatic heterocycles. The summed E-state index contributed by atoms with van der Waals surface area (Å²) in [7, 11) is 0. The third kappa shape index (κ3) is 2.37. The number of fused-ring (bicyclic) bond motifs is 3. The van der Waals surface area contributed by atoms with Crippen molar-refractivity contribution >= 4 is 16.4 Å². The number of benzene rings is 3. The van der Waals surface area contributed by atoms with E-state index in [1.165, 1.54) is 22.1 Å². The normalized spacial score (nSPS) is 11.3. The van der Waals surface area contributed by atoms with Crippen LogP contribution in [-0.4, -0.2) is 14.6 Å². The van der Waals surface area contributed by atoms with Crippen molar-refractivity contribution < 1.29 is 0 Å². The van der Waals surface area contributed by atoms with Crippen LogP contribution >= 0.6 is 0 Å². The Morgan fingerprint density at radius 2 is 1.50 bits per heavy atom. The Balaban J connectivity index is 1.61. The summed E-state index contributed by atoms with van der Waals surface area (Å²) in [5.74, 6) is 0.863. The van der Waals surface area contributed by atoms with E-state index in [0.717, 1.165) is 22.4 Å². The highest BCUT2D eigenvalue weighted by Gasteiger charge is 2.10. The van der Waals surface area contributed by atoms with E-state index in [9.17, 15) is 0 Å². The predicted octanol–water partition coefficient (Wildman–Crippen LogP) is 5.52. The summed E-state index contributed by atoms with van der Waals surface area (Å²) in [6.07, 6.45) is 2.04. The molecule has 0 aliphatic rings. The van der Waals surface area contributed by atoms with Gasteiger partial charge in [0, 0.05) is 17.1 Å². The van der Waals surface area contributed by atoms with Crippen LogP contribution in [0.15, 0.2) is 85.1 Å². The van der Waals surface area contributed by atoms with E-state index in [0.29, 0.717) is 0 Å². The largest absolute Gasteiger partial charge is 0.282 e. The molecule has 0 radical (unpaired) electrons. The molecule has 0 N–H and O–H groups in total. The zero-order valence-corrected chi connectivity index (χ0v) is 14.4. The highest BCUT2D eigenvalue weighted by Crippen LogP contribution is 2.27. The summed E-state index contributed by atoms with van der Waals surface area (Å²) in [5.41, 5.74) is 5.65. The van der Waals surface area contributed by atoms with E-state index in [2.05, 4.69) is 88.3 Å². The van der Waals surface area contributed by atoms with Gasteiger partial charge in [-0.25, -0.2) is 0 Å². The Bertz CT molecular complexity index is 1230. The van der Waals surface area contributed by atoms with E-state index < -0.39 is 0 Å². The van der Waals surface area contributed by atoms with Crippen LogP contribution in [0.25, 0.3) is 38.9 Å². The average molecular weight is 335 g/mol. The predicted molar refractivity (Wildman–Crippen MR) is 106 cm³/mol. The van der Waals surface area contributed by atoms with E-state index in [-0.39, 0.29) is 0 Å². The van der Waals surface area contributed by atoms with Crippen molar-refractivity contribution in [2.24, 2.45) is 0 Å². The van der Waals surface area contributed by atoms with E-state index in [1.807, 2.05) is 18.3 Å². The molecule has 3 nitrogen and oxygen atoms in total. The van der Waals surface area contributed by atoms with E-state index in [1.54, 1.807) is 0 Å². The van der Waals surface area contributed by atoms with E-state index >= 15 is 0 Å². The van der Waals surface area contributed by atoms with Gasteiger partial charge in [-0.3, -0.25) is 4.40 Å². The van der Waals surface area contributed by atoms with Crippen LogP contribution < -0.4 is 0 Å². The van der Waals surface area contributed by atoms with Crippen molar-refractivity contribution in [3.63, 3.8) is 0 Å². The Hall–Kier alpha value is -3.46. The SMILES string of the molecule is Cc1cccc(-c2ccc(-c3nnc4c5ccccc5ccn34)cc2)c1. The van der Waals surface area contributed by atoms with Crippen LogP contribution in [0.4, 0.5) is 0 Å². The molecule has 0 amide bonds. The average Bonchev–Trinajstić information content (AvgIpc) is 3.13. The number of nitrogens with zero attached hydrogens (tertiary/aromatic N) is 3. The van der Waals surface area contributed by atoms with Crippen LogP contribution in [0, 0.1) is 6.92 Å². The lowest BCUT2D eigenvalue weighted by molar-refractivity contribution is 1.11. The fraction of sp³-hybridized carbons (Fsp3) is 0.0435. The second kappa shape index (κ2) is 5.81. The molecule has 0 unspecified atom stereocenters. The van der Waals surface area contributed by atoms with Gasteiger partial charge in [-0.15, -0.1) is 10.2 Å². The van der Waals surface area contributed by atoms with Crippen molar-refractivity contribution in [1.29, 1.82) is 0 Å². The molecule has 0 aliphatic carbocycles. The molecule has 0 saturated carbocycles. The maximum atomic E-state index is 4.45. The summed E-state index contributed by atoms with van der Waals surface area (Å²) in [4.78, 5) is 0. The number of pyridine rings is 1. The molecule has 0 aliphatic heterocycles. The van der Waals surface area contributed by atoms with Crippen LogP contribution in [-0.2, 0) is 0 Å². The topological polar surface area (TPSA) is 30.2 Å². The van der Waals surface area contributed by atoms with Gasteiger partial charge < -0.3 is 0 Å². The highest BCUT2D eigenvalue weighted by atomic mass is 15.2. The summed E-state index contributed by atoms with van der Waals surface area (Å²) in [5, 5.41) is 11.2. The lowest BCUT2D eigenvalue weighted by Gasteiger charge is -2.05. The third-order valence-electron chi connectivity index (χ3n) is 4.80. The van der Waals surface area contributed by atoms with Crippen molar-refractivity contribution in [3.8, 4) is 22.5 Å². The number of hydrogen-bond donors (Lipinski definition) is 0. The van der Waals surface area contributed by atoms with Crippen molar-refractivity contribution in [2.45, 2.75) is 6.92 Å². The van der Waals surface area contributed by atoms with Crippen LogP contribution in [0.3, 0.4) is 0 Å². The molecule has 0 bridgehead atoms.